The number of sulfonamides is 1. The third-order valence-electron chi connectivity index (χ3n) is 2.66. The fourth-order valence-electron chi connectivity index (χ4n) is 1.49. The molecule has 1 atom stereocenters. The summed E-state index contributed by atoms with van der Waals surface area (Å²) in [4.78, 5) is 10.4. The molecule has 0 radical (unpaired) electrons. The van der Waals surface area contributed by atoms with E-state index in [2.05, 4.69) is 20.7 Å². The average molecular weight is 385 g/mol. The zero-order valence-corrected chi connectivity index (χ0v) is 13.9. The van der Waals surface area contributed by atoms with E-state index >= 15 is 0 Å². The Morgan fingerprint density at radius 2 is 2.15 bits per heavy atom. The van der Waals surface area contributed by atoms with E-state index in [-0.39, 0.29) is 28.8 Å². The Balaban J connectivity index is 2.68. The topological polar surface area (TPSA) is 83.5 Å². The van der Waals surface area contributed by atoms with Crippen molar-refractivity contribution in [2.24, 2.45) is 5.92 Å². The number of nitrogens with one attached hydrogen (secondary N) is 1. The Morgan fingerprint density at radius 1 is 1.50 bits per heavy atom. The Labute approximate surface area is 131 Å². The molecule has 1 rings (SSSR count). The van der Waals surface area contributed by atoms with Gasteiger partial charge in [-0.3, -0.25) is 4.79 Å². The molecule has 20 heavy (non-hydrogen) atoms. The molecule has 1 aromatic rings. The van der Waals surface area contributed by atoms with Crippen molar-refractivity contribution in [2.75, 3.05) is 6.54 Å². The van der Waals surface area contributed by atoms with Crippen LogP contribution in [-0.4, -0.2) is 26.0 Å². The standard InChI is InChI=1S/C12H15BrClNO4S/c1-8(2-5-12(16)17)7-15-20(18,19)11-4-3-9(13)6-10(11)14/h3-4,6,8,15H,2,5,7H2,1H3,(H,16,17). The number of hydrogen-bond acceptors (Lipinski definition) is 3. The Bertz CT molecular complexity index is 591. The van der Waals surface area contributed by atoms with Crippen LogP contribution in [0, 0.1) is 5.92 Å². The molecule has 1 unspecified atom stereocenters. The molecule has 8 heteroatoms. The van der Waals surface area contributed by atoms with Gasteiger partial charge in [0.25, 0.3) is 0 Å². The molecule has 5 nitrogen and oxygen atoms in total. The predicted molar refractivity (Wildman–Crippen MR) is 80.4 cm³/mol. The number of carboxylic acid groups (broad SMARTS) is 1. The maximum Gasteiger partial charge on any atom is 0.303 e. The minimum absolute atomic E-state index is 0.00722. The van der Waals surface area contributed by atoms with Crippen molar-refractivity contribution in [2.45, 2.75) is 24.7 Å². The first-order valence-electron chi connectivity index (χ1n) is 5.89. The third-order valence-corrected chi connectivity index (χ3v) is 5.06. The first kappa shape index (κ1) is 17.4. The van der Waals surface area contributed by atoms with E-state index in [4.69, 9.17) is 16.7 Å². The second-order valence-electron chi connectivity index (χ2n) is 4.46. The monoisotopic (exact) mass is 383 g/mol. The highest BCUT2D eigenvalue weighted by atomic mass is 79.9. The summed E-state index contributed by atoms with van der Waals surface area (Å²) >= 11 is 9.11. The summed E-state index contributed by atoms with van der Waals surface area (Å²) in [5.74, 6) is -0.967. The van der Waals surface area contributed by atoms with Crippen molar-refractivity contribution >= 4 is 43.5 Å². The Morgan fingerprint density at radius 3 is 2.70 bits per heavy atom. The molecule has 0 fully saturated rings. The van der Waals surface area contributed by atoms with Gasteiger partial charge in [0.05, 0.1) is 5.02 Å². The zero-order valence-electron chi connectivity index (χ0n) is 10.8. The molecule has 0 saturated carbocycles. The van der Waals surface area contributed by atoms with Gasteiger partial charge in [0.1, 0.15) is 4.90 Å². The van der Waals surface area contributed by atoms with Gasteiger partial charge in [-0.1, -0.05) is 34.5 Å². The summed E-state index contributed by atoms with van der Waals surface area (Å²) in [6, 6.07) is 4.51. The second kappa shape index (κ2) is 7.40. The van der Waals surface area contributed by atoms with Crippen molar-refractivity contribution < 1.29 is 18.3 Å². The number of hydrogen-bond donors (Lipinski definition) is 2. The van der Waals surface area contributed by atoms with E-state index in [0.717, 1.165) is 0 Å². The summed E-state index contributed by atoms with van der Waals surface area (Å²) in [6.45, 7) is 1.96. The molecule has 0 bridgehead atoms. The highest BCUT2D eigenvalue weighted by Crippen LogP contribution is 2.25. The van der Waals surface area contributed by atoms with Crippen LogP contribution < -0.4 is 4.72 Å². The number of carbonyl (C=O) groups is 1. The van der Waals surface area contributed by atoms with E-state index in [1.807, 2.05) is 0 Å². The van der Waals surface area contributed by atoms with E-state index in [1.165, 1.54) is 12.1 Å². The summed E-state index contributed by atoms with van der Waals surface area (Å²) in [6.07, 6.45) is 0.424. The molecule has 0 aromatic heterocycles. The van der Waals surface area contributed by atoms with Crippen molar-refractivity contribution in [1.29, 1.82) is 0 Å². The minimum Gasteiger partial charge on any atom is -0.481 e. The number of aliphatic carboxylic acids is 1. The molecular weight excluding hydrogens is 370 g/mol. The smallest absolute Gasteiger partial charge is 0.303 e. The van der Waals surface area contributed by atoms with Gasteiger partial charge in [-0.05, 0) is 30.5 Å². The lowest BCUT2D eigenvalue weighted by Crippen LogP contribution is -2.29. The summed E-state index contributed by atoms with van der Waals surface area (Å²) in [5, 5.41) is 8.70. The minimum atomic E-state index is -3.69. The molecule has 1 aromatic carbocycles. The van der Waals surface area contributed by atoms with Crippen molar-refractivity contribution in [1.82, 2.24) is 4.72 Å². The van der Waals surface area contributed by atoms with Gasteiger partial charge in [0, 0.05) is 17.4 Å². The van der Waals surface area contributed by atoms with Crippen molar-refractivity contribution in [3.63, 3.8) is 0 Å². The van der Waals surface area contributed by atoms with Gasteiger partial charge in [-0.15, -0.1) is 0 Å². The molecule has 0 spiro atoms. The molecule has 0 heterocycles. The van der Waals surface area contributed by atoms with Gasteiger partial charge in [-0.2, -0.15) is 0 Å². The predicted octanol–water partition coefficient (Wildman–Crippen LogP) is 2.88. The van der Waals surface area contributed by atoms with E-state index < -0.39 is 16.0 Å². The van der Waals surface area contributed by atoms with Gasteiger partial charge in [0.15, 0.2) is 0 Å². The molecule has 0 amide bonds. The first-order valence-corrected chi connectivity index (χ1v) is 8.54. The van der Waals surface area contributed by atoms with Crippen molar-refractivity contribution in [3.8, 4) is 0 Å². The highest BCUT2D eigenvalue weighted by molar-refractivity contribution is 9.10. The van der Waals surface area contributed by atoms with Crippen LogP contribution in [0.1, 0.15) is 19.8 Å². The summed E-state index contributed by atoms with van der Waals surface area (Å²) in [7, 11) is -3.69. The fourth-order valence-corrected chi connectivity index (χ4v) is 3.70. The molecule has 112 valence electrons. The molecule has 0 aliphatic heterocycles. The number of carboxylic acids is 1. The van der Waals surface area contributed by atoms with E-state index in [9.17, 15) is 13.2 Å². The number of halogens is 2. The Hall–Kier alpha value is -0.630. The zero-order chi connectivity index (χ0) is 15.3. The molecule has 0 aliphatic carbocycles. The largest absolute Gasteiger partial charge is 0.481 e. The Kier molecular flexibility index (Phi) is 6.44. The lowest BCUT2D eigenvalue weighted by atomic mass is 10.1. The second-order valence-corrected chi connectivity index (χ2v) is 7.52. The number of benzene rings is 1. The molecule has 2 N–H and O–H groups in total. The highest BCUT2D eigenvalue weighted by Gasteiger charge is 2.18. The normalized spacial score (nSPS) is 13.2. The third kappa shape index (κ3) is 5.40. The van der Waals surface area contributed by atoms with E-state index in [1.54, 1.807) is 13.0 Å². The fraction of sp³-hybridized carbons (Fsp3) is 0.417. The van der Waals surface area contributed by atoms with Crippen LogP contribution in [-0.2, 0) is 14.8 Å². The van der Waals surface area contributed by atoms with Gasteiger partial charge in [-0.25, -0.2) is 13.1 Å². The average Bonchev–Trinajstić information content (AvgIpc) is 2.33. The van der Waals surface area contributed by atoms with Crippen LogP contribution in [0.3, 0.4) is 0 Å². The van der Waals surface area contributed by atoms with Crippen LogP contribution >= 0.6 is 27.5 Å². The van der Waals surface area contributed by atoms with Gasteiger partial charge < -0.3 is 5.11 Å². The van der Waals surface area contributed by atoms with Crippen LogP contribution in [0.4, 0.5) is 0 Å². The number of rotatable bonds is 7. The first-order chi connectivity index (χ1) is 9.22. The van der Waals surface area contributed by atoms with Crippen LogP contribution in [0.25, 0.3) is 0 Å². The lowest BCUT2D eigenvalue weighted by Gasteiger charge is -2.13. The maximum absolute atomic E-state index is 12.1. The molecule has 0 aliphatic rings. The summed E-state index contributed by atoms with van der Waals surface area (Å²) in [5.41, 5.74) is 0. The van der Waals surface area contributed by atoms with Gasteiger partial charge in [0.2, 0.25) is 10.0 Å². The van der Waals surface area contributed by atoms with E-state index in [0.29, 0.717) is 10.9 Å². The molecule has 0 saturated heterocycles. The van der Waals surface area contributed by atoms with Crippen LogP contribution in [0.2, 0.25) is 5.02 Å². The quantitative estimate of drug-likeness (QED) is 0.757. The van der Waals surface area contributed by atoms with Gasteiger partial charge >= 0.3 is 5.97 Å². The lowest BCUT2D eigenvalue weighted by molar-refractivity contribution is -0.137. The SMILES string of the molecule is CC(CCC(=O)O)CNS(=O)(=O)c1ccc(Br)cc1Cl. The van der Waals surface area contributed by atoms with Crippen LogP contribution in [0.15, 0.2) is 27.6 Å². The summed E-state index contributed by atoms with van der Waals surface area (Å²) < 4.78 is 27.3. The van der Waals surface area contributed by atoms with Crippen molar-refractivity contribution in [3.05, 3.63) is 27.7 Å². The molecular formula is C12H15BrClNO4S. The maximum atomic E-state index is 12.1. The van der Waals surface area contributed by atoms with Crippen LogP contribution in [0.5, 0.6) is 0 Å².